The predicted octanol–water partition coefficient (Wildman–Crippen LogP) is 6.55. The van der Waals surface area contributed by atoms with Crippen molar-refractivity contribution >= 4 is 22.8 Å². The number of carbonyl (C=O) groups excluding carboxylic acids is 1. The number of hydrogen-bond donors (Lipinski definition) is 2. The van der Waals surface area contributed by atoms with Crippen LogP contribution in [0.25, 0.3) is 33.8 Å². The van der Waals surface area contributed by atoms with Gasteiger partial charge in [0.05, 0.1) is 42.3 Å². The number of imidazole rings is 1. The molecule has 1 aliphatic carbocycles. The van der Waals surface area contributed by atoms with Gasteiger partial charge in [-0.05, 0) is 62.4 Å². The van der Waals surface area contributed by atoms with E-state index in [1.54, 1.807) is 20.1 Å². The van der Waals surface area contributed by atoms with Crippen molar-refractivity contribution in [1.29, 1.82) is 0 Å². The molecule has 1 saturated heterocycles. The summed E-state index contributed by atoms with van der Waals surface area (Å²) in [6.07, 6.45) is -0.749. The van der Waals surface area contributed by atoms with Crippen LogP contribution < -0.4 is 4.90 Å². The summed E-state index contributed by atoms with van der Waals surface area (Å²) in [6.45, 7) is 4.60. The molecule has 2 aromatic carbocycles. The van der Waals surface area contributed by atoms with Crippen molar-refractivity contribution in [1.82, 2.24) is 19.9 Å². The number of H-pyrrole nitrogens is 1. The molecule has 262 valence electrons. The van der Waals surface area contributed by atoms with Crippen molar-refractivity contribution in [3.05, 3.63) is 65.5 Å². The molecular weight excluding hydrogens is 642 g/mol. The molecule has 2 aromatic heterocycles. The lowest BCUT2D eigenvalue weighted by atomic mass is 9.69. The SMILES string of the molecule is CCOC(=O)CN1CCC(O)(c2ccc(-c3nc4nc(-c5cc(F)cc(C(F)(F)F)c5)cc(N(C)CC5(COC)CCC5)c4[nH]3)cc2)CC1. The minimum absolute atomic E-state index is 0.00502. The average Bonchev–Trinajstić information content (AvgIpc) is 3.48. The highest BCUT2D eigenvalue weighted by Gasteiger charge is 2.39. The van der Waals surface area contributed by atoms with Gasteiger partial charge >= 0.3 is 12.1 Å². The van der Waals surface area contributed by atoms with Crippen LogP contribution >= 0.6 is 0 Å². The van der Waals surface area contributed by atoms with E-state index in [0.717, 1.165) is 42.5 Å². The van der Waals surface area contributed by atoms with Crippen LogP contribution in [0.2, 0.25) is 0 Å². The first-order chi connectivity index (χ1) is 23.3. The van der Waals surface area contributed by atoms with Gasteiger partial charge in [0.15, 0.2) is 5.65 Å². The van der Waals surface area contributed by atoms with Gasteiger partial charge in [-0.1, -0.05) is 30.7 Å². The third-order valence-electron chi connectivity index (χ3n) is 9.85. The third-order valence-corrected chi connectivity index (χ3v) is 9.85. The Hall–Kier alpha value is -4.07. The van der Waals surface area contributed by atoms with Crippen molar-refractivity contribution in [3.63, 3.8) is 0 Å². The first-order valence-electron chi connectivity index (χ1n) is 16.5. The Morgan fingerprint density at radius 1 is 1.04 bits per heavy atom. The summed E-state index contributed by atoms with van der Waals surface area (Å²) in [6, 6.07) is 11.5. The quantitative estimate of drug-likeness (QED) is 0.136. The summed E-state index contributed by atoms with van der Waals surface area (Å²) in [5, 5.41) is 11.5. The van der Waals surface area contributed by atoms with E-state index in [1.165, 1.54) is 0 Å². The molecule has 2 aliphatic rings. The van der Waals surface area contributed by atoms with Crippen LogP contribution in [0.3, 0.4) is 0 Å². The Bertz CT molecular complexity index is 1800. The van der Waals surface area contributed by atoms with Crippen LogP contribution in [-0.2, 0) is 26.0 Å². The summed E-state index contributed by atoms with van der Waals surface area (Å²) in [4.78, 5) is 28.6. The molecule has 2 fully saturated rings. The first kappa shape index (κ1) is 34.8. The highest BCUT2D eigenvalue weighted by atomic mass is 19.4. The standard InChI is InChI=1S/C36H41F4N5O4/c1-4-49-30(46)20-45-14-12-35(47,13-15-45)25-8-6-23(7-9-25)32-42-31-29(44(2)21-34(22-48-3)10-5-11-34)19-28(41-33(31)43-32)24-16-26(36(38,39)40)18-27(37)17-24/h6-9,16-19,47H,4-5,10-15,20-22H2,1-3H3,(H,41,42,43). The van der Waals surface area contributed by atoms with E-state index in [2.05, 4.69) is 9.97 Å². The van der Waals surface area contributed by atoms with Gasteiger partial charge < -0.3 is 24.5 Å². The molecule has 0 radical (unpaired) electrons. The minimum atomic E-state index is -4.73. The van der Waals surface area contributed by atoms with Gasteiger partial charge in [-0.2, -0.15) is 13.2 Å². The number of aromatic amines is 1. The number of aromatic nitrogens is 3. The number of benzene rings is 2. The van der Waals surface area contributed by atoms with Crippen molar-refractivity contribution in [2.45, 2.75) is 50.8 Å². The van der Waals surface area contributed by atoms with Gasteiger partial charge in [-0.15, -0.1) is 0 Å². The second-order valence-electron chi connectivity index (χ2n) is 13.4. The fourth-order valence-corrected chi connectivity index (χ4v) is 7.08. The molecule has 2 N–H and O–H groups in total. The van der Waals surface area contributed by atoms with Gasteiger partial charge in [0, 0.05) is 50.3 Å². The van der Waals surface area contributed by atoms with Crippen LogP contribution in [0, 0.1) is 11.2 Å². The lowest BCUT2D eigenvalue weighted by Crippen LogP contribution is -2.44. The molecule has 13 heteroatoms. The number of fused-ring (bicyclic) bond motifs is 1. The number of hydrogen-bond acceptors (Lipinski definition) is 8. The summed E-state index contributed by atoms with van der Waals surface area (Å²) < 4.78 is 65.9. The molecule has 0 bridgehead atoms. The van der Waals surface area contributed by atoms with E-state index in [0.29, 0.717) is 68.8 Å². The normalized spacial score (nSPS) is 17.6. The van der Waals surface area contributed by atoms with E-state index in [4.69, 9.17) is 14.5 Å². The van der Waals surface area contributed by atoms with Crippen molar-refractivity contribution in [3.8, 4) is 22.6 Å². The van der Waals surface area contributed by atoms with Crippen LogP contribution in [0.4, 0.5) is 23.2 Å². The smallest absolute Gasteiger partial charge is 0.416 e. The Kier molecular flexibility index (Phi) is 9.71. The number of likely N-dealkylation sites (tertiary alicyclic amines) is 1. The van der Waals surface area contributed by atoms with Gasteiger partial charge in [-0.25, -0.2) is 14.4 Å². The maximum atomic E-state index is 14.5. The second kappa shape index (κ2) is 13.7. The molecule has 3 heterocycles. The van der Waals surface area contributed by atoms with Crippen LogP contribution in [0.1, 0.15) is 50.2 Å². The van der Waals surface area contributed by atoms with Gasteiger partial charge in [0.2, 0.25) is 0 Å². The summed E-state index contributed by atoms with van der Waals surface area (Å²) in [5.41, 5.74) is 0.962. The number of methoxy groups -OCH3 is 1. The minimum Gasteiger partial charge on any atom is -0.465 e. The third kappa shape index (κ3) is 7.43. The lowest BCUT2D eigenvalue weighted by Gasteiger charge is -2.44. The van der Waals surface area contributed by atoms with E-state index in [1.807, 2.05) is 41.1 Å². The fraction of sp³-hybridized carbons (Fsp3) is 0.472. The Balaban J connectivity index is 1.32. The molecule has 6 rings (SSSR count). The molecule has 0 spiro atoms. The van der Waals surface area contributed by atoms with E-state index in [9.17, 15) is 27.5 Å². The Morgan fingerprint density at radius 3 is 2.37 bits per heavy atom. The molecule has 0 atom stereocenters. The Morgan fingerprint density at radius 2 is 1.76 bits per heavy atom. The number of rotatable bonds is 11. The number of halogens is 4. The van der Waals surface area contributed by atoms with E-state index in [-0.39, 0.29) is 34.8 Å². The average molecular weight is 684 g/mol. The largest absolute Gasteiger partial charge is 0.465 e. The lowest BCUT2D eigenvalue weighted by molar-refractivity contribution is -0.145. The summed E-state index contributed by atoms with van der Waals surface area (Å²) in [5.74, 6) is -0.801. The molecular formula is C36H41F4N5O4. The van der Waals surface area contributed by atoms with Gasteiger partial charge in [-0.3, -0.25) is 9.69 Å². The van der Waals surface area contributed by atoms with Crippen molar-refractivity contribution in [2.24, 2.45) is 5.41 Å². The number of anilines is 1. The molecule has 4 aromatic rings. The van der Waals surface area contributed by atoms with Gasteiger partial charge in [0.1, 0.15) is 17.2 Å². The topological polar surface area (TPSA) is 104 Å². The molecule has 1 aliphatic heterocycles. The van der Waals surface area contributed by atoms with E-state index >= 15 is 0 Å². The second-order valence-corrected chi connectivity index (χ2v) is 13.4. The van der Waals surface area contributed by atoms with Gasteiger partial charge in [0.25, 0.3) is 0 Å². The zero-order chi connectivity index (χ0) is 35.0. The zero-order valence-corrected chi connectivity index (χ0v) is 27.9. The Labute approximate surface area is 282 Å². The molecule has 49 heavy (non-hydrogen) atoms. The number of piperidine rings is 1. The number of esters is 1. The fourth-order valence-electron chi connectivity index (χ4n) is 7.08. The number of carbonyl (C=O) groups is 1. The number of alkyl halides is 3. The van der Waals surface area contributed by atoms with E-state index < -0.39 is 23.2 Å². The molecule has 0 unspecified atom stereocenters. The molecule has 1 saturated carbocycles. The number of nitrogens with one attached hydrogen (secondary N) is 1. The molecule has 0 amide bonds. The van der Waals surface area contributed by atoms with Crippen molar-refractivity contribution in [2.75, 3.05) is 58.5 Å². The number of nitrogens with zero attached hydrogens (tertiary/aromatic N) is 4. The summed E-state index contributed by atoms with van der Waals surface area (Å²) in [7, 11) is 3.58. The maximum absolute atomic E-state index is 14.5. The predicted molar refractivity (Wildman–Crippen MR) is 177 cm³/mol. The van der Waals surface area contributed by atoms with Crippen molar-refractivity contribution < 1.29 is 36.9 Å². The van der Waals surface area contributed by atoms with Crippen LogP contribution in [-0.4, -0.2) is 84.5 Å². The van der Waals surface area contributed by atoms with Crippen LogP contribution in [0.15, 0.2) is 48.5 Å². The van der Waals surface area contributed by atoms with Crippen LogP contribution in [0.5, 0.6) is 0 Å². The number of pyridine rings is 1. The zero-order valence-electron chi connectivity index (χ0n) is 27.9. The molecule has 9 nitrogen and oxygen atoms in total. The monoisotopic (exact) mass is 683 g/mol. The maximum Gasteiger partial charge on any atom is 0.416 e. The first-order valence-corrected chi connectivity index (χ1v) is 16.5. The number of ether oxygens (including phenoxy) is 2. The summed E-state index contributed by atoms with van der Waals surface area (Å²) >= 11 is 0. The number of aliphatic hydroxyl groups is 1. The highest BCUT2D eigenvalue weighted by Crippen LogP contribution is 2.43. The highest BCUT2D eigenvalue weighted by molar-refractivity contribution is 5.91.